The molecule has 0 unspecified atom stereocenters. The smallest absolute Gasteiger partial charge is 0.143 e. The number of hydrogen-bond acceptors (Lipinski definition) is 2. The first-order valence-corrected chi connectivity index (χ1v) is 8.57. The fourth-order valence-electron chi connectivity index (χ4n) is 3.63. The van der Waals surface area contributed by atoms with Crippen molar-refractivity contribution in [2.24, 2.45) is 0 Å². The minimum Gasteiger partial charge on any atom is -0.371 e. The van der Waals surface area contributed by atoms with E-state index < -0.39 is 0 Å². The van der Waals surface area contributed by atoms with E-state index in [4.69, 9.17) is 0 Å². The molecule has 1 aromatic rings. The highest BCUT2D eigenvalue weighted by atomic mass is 16.1. The van der Waals surface area contributed by atoms with Crippen LogP contribution in [0.25, 0.3) is 5.57 Å². The summed E-state index contributed by atoms with van der Waals surface area (Å²) in [6.45, 7) is 6.55. The van der Waals surface area contributed by atoms with Crippen molar-refractivity contribution in [3.05, 3.63) is 58.7 Å². The minimum atomic E-state index is 0.830. The summed E-state index contributed by atoms with van der Waals surface area (Å²) in [5.41, 5.74) is 8.17. The Morgan fingerprint density at radius 1 is 1.04 bits per heavy atom. The highest BCUT2D eigenvalue weighted by molar-refractivity contribution is 5.73. The topological polar surface area (TPSA) is 20.3 Å². The van der Waals surface area contributed by atoms with Gasteiger partial charge in [-0.05, 0) is 85.6 Å². The molecular formula is C21H25NO. The average molecular weight is 307 g/mol. The monoisotopic (exact) mass is 307 g/mol. The number of benzene rings is 1. The molecule has 0 amide bonds. The molecule has 3 rings (SSSR count). The molecule has 2 nitrogen and oxygen atoms in total. The number of anilines is 1. The number of aryl methyl sites for hydroxylation is 2. The van der Waals surface area contributed by atoms with Crippen LogP contribution < -0.4 is 4.90 Å². The lowest BCUT2D eigenvalue weighted by atomic mass is 9.88. The zero-order chi connectivity index (χ0) is 16.2. The summed E-state index contributed by atoms with van der Waals surface area (Å²) in [5, 5.41) is 0. The van der Waals surface area contributed by atoms with Gasteiger partial charge in [0.05, 0.1) is 0 Å². The number of rotatable bonds is 4. The zero-order valence-electron chi connectivity index (χ0n) is 14.1. The SMILES string of the molecule is CC(/C=C/C=C(\C)c1cc2c3c(c1)CCCN3CCC2)=C\C=O. The van der Waals surface area contributed by atoms with E-state index in [1.165, 1.54) is 66.7 Å². The van der Waals surface area contributed by atoms with Gasteiger partial charge in [0.15, 0.2) is 0 Å². The van der Waals surface area contributed by atoms with Crippen LogP contribution in [-0.2, 0) is 17.6 Å². The van der Waals surface area contributed by atoms with Crippen molar-refractivity contribution in [2.75, 3.05) is 18.0 Å². The van der Waals surface area contributed by atoms with Gasteiger partial charge in [0.1, 0.15) is 6.29 Å². The van der Waals surface area contributed by atoms with Crippen LogP contribution >= 0.6 is 0 Å². The van der Waals surface area contributed by atoms with Gasteiger partial charge in [0.25, 0.3) is 0 Å². The summed E-state index contributed by atoms with van der Waals surface area (Å²) in [4.78, 5) is 13.0. The van der Waals surface area contributed by atoms with Crippen molar-refractivity contribution in [3.63, 3.8) is 0 Å². The van der Waals surface area contributed by atoms with Gasteiger partial charge in [-0.25, -0.2) is 0 Å². The summed E-state index contributed by atoms with van der Waals surface area (Å²) in [7, 11) is 0. The first-order valence-electron chi connectivity index (χ1n) is 8.57. The summed E-state index contributed by atoms with van der Waals surface area (Å²) in [5.74, 6) is 0. The van der Waals surface area contributed by atoms with Gasteiger partial charge in [-0.2, -0.15) is 0 Å². The number of nitrogens with zero attached hydrogens (tertiary/aromatic N) is 1. The van der Waals surface area contributed by atoms with Gasteiger partial charge in [-0.1, -0.05) is 18.2 Å². The minimum absolute atomic E-state index is 0.830. The quantitative estimate of drug-likeness (QED) is 0.464. The lowest BCUT2D eigenvalue weighted by molar-refractivity contribution is -0.104. The summed E-state index contributed by atoms with van der Waals surface area (Å²) < 4.78 is 0. The first kappa shape index (κ1) is 15.8. The van der Waals surface area contributed by atoms with Crippen LogP contribution in [0.5, 0.6) is 0 Å². The molecule has 2 aliphatic rings. The maximum atomic E-state index is 10.4. The number of allylic oxidation sites excluding steroid dienone is 6. The molecule has 0 aliphatic carbocycles. The van der Waals surface area contributed by atoms with Crippen LogP contribution in [0.1, 0.15) is 43.4 Å². The van der Waals surface area contributed by atoms with Gasteiger partial charge in [0, 0.05) is 18.8 Å². The van der Waals surface area contributed by atoms with Gasteiger partial charge in [0.2, 0.25) is 0 Å². The van der Waals surface area contributed by atoms with E-state index in [1.54, 1.807) is 6.08 Å². The number of carbonyl (C=O) groups is 1. The fourth-order valence-corrected chi connectivity index (χ4v) is 3.63. The molecule has 0 bridgehead atoms. The third-order valence-corrected chi connectivity index (χ3v) is 4.82. The van der Waals surface area contributed by atoms with Crippen molar-refractivity contribution in [3.8, 4) is 0 Å². The van der Waals surface area contributed by atoms with Crippen molar-refractivity contribution in [1.29, 1.82) is 0 Å². The van der Waals surface area contributed by atoms with Gasteiger partial charge in [-0.15, -0.1) is 0 Å². The summed E-state index contributed by atoms with van der Waals surface area (Å²) in [6.07, 6.45) is 13.5. The number of carbonyl (C=O) groups excluding carboxylic acids is 1. The van der Waals surface area contributed by atoms with Crippen LogP contribution in [-0.4, -0.2) is 19.4 Å². The van der Waals surface area contributed by atoms with E-state index in [0.29, 0.717) is 0 Å². The van der Waals surface area contributed by atoms with E-state index in [-0.39, 0.29) is 0 Å². The Hall–Kier alpha value is -2.09. The highest BCUT2D eigenvalue weighted by Crippen LogP contribution is 2.37. The van der Waals surface area contributed by atoms with Gasteiger partial charge < -0.3 is 4.90 Å². The molecule has 0 atom stereocenters. The maximum Gasteiger partial charge on any atom is 0.143 e. The molecule has 2 heteroatoms. The van der Waals surface area contributed by atoms with E-state index in [1.807, 2.05) is 19.1 Å². The highest BCUT2D eigenvalue weighted by Gasteiger charge is 2.24. The maximum absolute atomic E-state index is 10.4. The lowest BCUT2D eigenvalue weighted by Crippen LogP contribution is -2.34. The van der Waals surface area contributed by atoms with Gasteiger partial charge in [-0.3, -0.25) is 4.79 Å². The zero-order valence-corrected chi connectivity index (χ0v) is 14.1. The number of hydrogen-bond donors (Lipinski definition) is 0. The molecule has 0 saturated carbocycles. The third kappa shape index (κ3) is 3.47. The van der Waals surface area contributed by atoms with E-state index in [2.05, 4.69) is 30.0 Å². The van der Waals surface area contributed by atoms with Crippen LogP contribution in [0.4, 0.5) is 5.69 Å². The van der Waals surface area contributed by atoms with Gasteiger partial charge >= 0.3 is 0 Å². The summed E-state index contributed by atoms with van der Waals surface area (Å²) in [6, 6.07) is 4.76. The second kappa shape index (κ2) is 6.99. The molecule has 1 aromatic carbocycles. The summed E-state index contributed by atoms with van der Waals surface area (Å²) >= 11 is 0. The normalized spacial score (nSPS) is 18.3. The Bertz CT molecular complexity index is 663. The molecule has 0 aromatic heterocycles. The molecule has 2 aliphatic heterocycles. The average Bonchev–Trinajstić information content (AvgIpc) is 2.55. The Morgan fingerprint density at radius 2 is 1.70 bits per heavy atom. The Labute approximate surface area is 139 Å². The van der Waals surface area contributed by atoms with E-state index in [0.717, 1.165) is 11.9 Å². The number of aldehydes is 1. The molecule has 23 heavy (non-hydrogen) atoms. The predicted octanol–water partition coefficient (Wildman–Crippen LogP) is 4.49. The van der Waals surface area contributed by atoms with E-state index >= 15 is 0 Å². The second-order valence-electron chi connectivity index (χ2n) is 6.59. The van der Waals surface area contributed by atoms with Crippen molar-refractivity contribution in [1.82, 2.24) is 0 Å². The van der Waals surface area contributed by atoms with Crippen LogP contribution in [0.2, 0.25) is 0 Å². The molecule has 0 saturated heterocycles. The molecular weight excluding hydrogens is 282 g/mol. The fraction of sp³-hybridized carbons (Fsp3) is 0.381. The van der Waals surface area contributed by atoms with Crippen LogP contribution in [0.15, 0.2) is 42.0 Å². The molecule has 0 spiro atoms. The molecule has 0 fully saturated rings. The Kier molecular flexibility index (Phi) is 4.80. The lowest BCUT2D eigenvalue weighted by Gasteiger charge is -2.37. The molecule has 0 N–H and O–H groups in total. The second-order valence-corrected chi connectivity index (χ2v) is 6.59. The largest absolute Gasteiger partial charge is 0.371 e. The van der Waals surface area contributed by atoms with Crippen LogP contribution in [0, 0.1) is 0 Å². The molecule has 0 radical (unpaired) electrons. The molecule has 2 heterocycles. The third-order valence-electron chi connectivity index (χ3n) is 4.82. The molecule has 120 valence electrons. The first-order chi connectivity index (χ1) is 11.2. The van der Waals surface area contributed by atoms with Crippen molar-refractivity contribution < 1.29 is 4.79 Å². The predicted molar refractivity (Wildman–Crippen MR) is 97.9 cm³/mol. The van der Waals surface area contributed by atoms with Crippen LogP contribution in [0.3, 0.4) is 0 Å². The Morgan fingerprint density at radius 3 is 2.30 bits per heavy atom. The standard InChI is InChI=1S/C21H25NO/c1-16(10-13-23)6-3-7-17(2)20-14-18-8-4-11-22-12-5-9-19(15-20)21(18)22/h3,6-7,10,13-15H,4-5,8-9,11-12H2,1-2H3/b6-3+,16-10+,17-7+. The van der Waals surface area contributed by atoms with Crippen molar-refractivity contribution in [2.45, 2.75) is 39.5 Å². The Balaban J connectivity index is 1.89. The van der Waals surface area contributed by atoms with E-state index in [9.17, 15) is 4.79 Å². The van der Waals surface area contributed by atoms with Crippen molar-refractivity contribution >= 4 is 17.5 Å².